The van der Waals surface area contributed by atoms with Crippen molar-refractivity contribution in [3.8, 4) is 5.75 Å². The standard InChI is InChI=1S/C13H16FNO5/c1-13(2,12(19)15-7-10(16)11(17)18)20-9-5-3-8(14)4-6-9/h3-6,10,16H,7H2,1-2H3,(H,15,19)(H,17,18)/t10-/m0/s1. The second-order valence-electron chi connectivity index (χ2n) is 4.63. The predicted octanol–water partition coefficient (Wildman–Crippen LogP) is 0.545. The first-order valence-corrected chi connectivity index (χ1v) is 5.86. The molecule has 1 aromatic rings. The lowest BCUT2D eigenvalue weighted by Gasteiger charge is -2.25. The van der Waals surface area contributed by atoms with Crippen LogP contribution in [0.3, 0.4) is 0 Å². The molecule has 0 radical (unpaired) electrons. The van der Waals surface area contributed by atoms with Crippen LogP contribution in [0.5, 0.6) is 5.75 Å². The maximum atomic E-state index is 12.7. The van der Waals surface area contributed by atoms with Gasteiger partial charge in [0, 0.05) is 0 Å². The van der Waals surface area contributed by atoms with Crippen LogP contribution >= 0.6 is 0 Å². The summed E-state index contributed by atoms with van der Waals surface area (Å²) >= 11 is 0. The first-order valence-electron chi connectivity index (χ1n) is 5.86. The molecule has 0 unspecified atom stereocenters. The van der Waals surface area contributed by atoms with Crippen molar-refractivity contribution in [2.45, 2.75) is 25.6 Å². The quantitative estimate of drug-likeness (QED) is 0.709. The second-order valence-corrected chi connectivity index (χ2v) is 4.63. The molecule has 7 heteroatoms. The SMILES string of the molecule is CC(C)(Oc1ccc(F)cc1)C(=O)NC[C@H](O)C(=O)O. The van der Waals surface area contributed by atoms with Gasteiger partial charge in [0.15, 0.2) is 11.7 Å². The Labute approximate surface area is 115 Å². The minimum Gasteiger partial charge on any atom is -0.479 e. The van der Waals surface area contributed by atoms with Gasteiger partial charge in [-0.1, -0.05) is 0 Å². The molecule has 1 amide bonds. The average Bonchev–Trinajstić information content (AvgIpc) is 2.37. The summed E-state index contributed by atoms with van der Waals surface area (Å²) < 4.78 is 18.1. The van der Waals surface area contributed by atoms with Crippen LogP contribution in [-0.4, -0.2) is 40.3 Å². The number of hydrogen-bond donors (Lipinski definition) is 3. The third-order valence-electron chi connectivity index (χ3n) is 2.47. The van der Waals surface area contributed by atoms with E-state index in [1.165, 1.54) is 38.1 Å². The Morgan fingerprint density at radius 3 is 2.40 bits per heavy atom. The first kappa shape index (κ1) is 15.9. The lowest BCUT2D eigenvalue weighted by Crippen LogP contribution is -2.49. The summed E-state index contributed by atoms with van der Waals surface area (Å²) in [7, 11) is 0. The van der Waals surface area contributed by atoms with E-state index in [1.54, 1.807) is 0 Å². The van der Waals surface area contributed by atoms with E-state index in [4.69, 9.17) is 14.9 Å². The maximum Gasteiger partial charge on any atom is 0.334 e. The number of aliphatic carboxylic acids is 1. The summed E-state index contributed by atoms with van der Waals surface area (Å²) in [6.07, 6.45) is -1.68. The number of rotatable bonds is 6. The zero-order valence-corrected chi connectivity index (χ0v) is 11.1. The number of halogens is 1. The van der Waals surface area contributed by atoms with E-state index in [9.17, 15) is 14.0 Å². The Bertz CT molecular complexity index is 486. The fourth-order valence-electron chi connectivity index (χ4n) is 1.33. The number of carbonyl (C=O) groups excluding carboxylic acids is 1. The van der Waals surface area contributed by atoms with Gasteiger partial charge in [0.2, 0.25) is 0 Å². The zero-order valence-electron chi connectivity index (χ0n) is 11.1. The van der Waals surface area contributed by atoms with Gasteiger partial charge in [-0.15, -0.1) is 0 Å². The van der Waals surface area contributed by atoms with Gasteiger partial charge < -0.3 is 20.3 Å². The molecule has 20 heavy (non-hydrogen) atoms. The van der Waals surface area contributed by atoms with Crippen molar-refractivity contribution in [3.05, 3.63) is 30.1 Å². The molecule has 0 saturated carbocycles. The smallest absolute Gasteiger partial charge is 0.334 e. The van der Waals surface area contributed by atoms with Gasteiger partial charge in [0.25, 0.3) is 5.91 Å². The van der Waals surface area contributed by atoms with E-state index in [-0.39, 0.29) is 0 Å². The van der Waals surface area contributed by atoms with Crippen molar-refractivity contribution < 1.29 is 28.9 Å². The molecule has 0 spiro atoms. The van der Waals surface area contributed by atoms with Crippen molar-refractivity contribution in [2.24, 2.45) is 0 Å². The van der Waals surface area contributed by atoms with E-state index in [0.717, 1.165) is 0 Å². The number of carbonyl (C=O) groups is 2. The minimum absolute atomic E-state index is 0.297. The number of hydrogen-bond acceptors (Lipinski definition) is 4. The van der Waals surface area contributed by atoms with Crippen molar-refractivity contribution in [2.75, 3.05) is 6.54 Å². The molecule has 0 aliphatic carbocycles. The normalized spacial score (nSPS) is 12.6. The summed E-state index contributed by atoms with van der Waals surface area (Å²) in [5.41, 5.74) is -1.30. The minimum atomic E-state index is -1.68. The average molecular weight is 285 g/mol. The molecule has 0 aliphatic rings. The number of amides is 1. The van der Waals surface area contributed by atoms with Gasteiger partial charge in [0.05, 0.1) is 6.54 Å². The lowest BCUT2D eigenvalue weighted by molar-refractivity contribution is -0.147. The van der Waals surface area contributed by atoms with Gasteiger partial charge in [-0.25, -0.2) is 9.18 Å². The molecular formula is C13H16FNO5. The van der Waals surface area contributed by atoms with Crippen LogP contribution in [0, 0.1) is 5.82 Å². The van der Waals surface area contributed by atoms with Gasteiger partial charge >= 0.3 is 5.97 Å². The molecule has 6 nitrogen and oxygen atoms in total. The highest BCUT2D eigenvalue weighted by Crippen LogP contribution is 2.18. The number of benzene rings is 1. The second kappa shape index (κ2) is 6.33. The zero-order chi connectivity index (χ0) is 15.3. The molecule has 0 bridgehead atoms. The van der Waals surface area contributed by atoms with E-state index in [1.807, 2.05) is 0 Å². The molecule has 0 heterocycles. The largest absolute Gasteiger partial charge is 0.479 e. The Kier molecular flexibility index (Phi) is 5.04. The van der Waals surface area contributed by atoms with Crippen LogP contribution in [0.1, 0.15) is 13.8 Å². The fourth-order valence-corrected chi connectivity index (χ4v) is 1.33. The predicted molar refractivity (Wildman–Crippen MR) is 67.8 cm³/mol. The highest BCUT2D eigenvalue weighted by atomic mass is 19.1. The topological polar surface area (TPSA) is 95.9 Å². The maximum absolute atomic E-state index is 12.7. The van der Waals surface area contributed by atoms with Gasteiger partial charge in [-0.05, 0) is 38.1 Å². The molecule has 0 aliphatic heterocycles. The van der Waals surface area contributed by atoms with E-state index >= 15 is 0 Å². The van der Waals surface area contributed by atoms with Gasteiger partial charge in [-0.2, -0.15) is 0 Å². The molecule has 3 N–H and O–H groups in total. The Morgan fingerprint density at radius 1 is 1.35 bits per heavy atom. The highest BCUT2D eigenvalue weighted by Gasteiger charge is 2.30. The summed E-state index contributed by atoms with van der Waals surface area (Å²) in [6.45, 7) is 2.52. The monoisotopic (exact) mass is 285 g/mol. The molecule has 0 saturated heterocycles. The highest BCUT2D eigenvalue weighted by molar-refractivity contribution is 5.85. The summed E-state index contributed by atoms with van der Waals surface area (Å²) in [4.78, 5) is 22.3. The van der Waals surface area contributed by atoms with E-state index < -0.39 is 35.9 Å². The Hall–Kier alpha value is -2.15. The van der Waals surface area contributed by atoms with Crippen molar-refractivity contribution >= 4 is 11.9 Å². The van der Waals surface area contributed by atoms with Crippen LogP contribution in [0.25, 0.3) is 0 Å². The fraction of sp³-hybridized carbons (Fsp3) is 0.385. The lowest BCUT2D eigenvalue weighted by atomic mass is 10.1. The number of aliphatic hydroxyl groups is 1. The number of ether oxygens (including phenoxy) is 1. The van der Waals surface area contributed by atoms with Crippen LogP contribution in [0.2, 0.25) is 0 Å². The third-order valence-corrected chi connectivity index (χ3v) is 2.47. The number of carboxylic acid groups (broad SMARTS) is 1. The van der Waals surface area contributed by atoms with E-state index in [0.29, 0.717) is 5.75 Å². The number of nitrogens with one attached hydrogen (secondary N) is 1. The number of carboxylic acids is 1. The first-order chi connectivity index (χ1) is 9.22. The van der Waals surface area contributed by atoms with Gasteiger partial charge in [0.1, 0.15) is 11.6 Å². The van der Waals surface area contributed by atoms with Crippen LogP contribution in [-0.2, 0) is 9.59 Å². The molecular weight excluding hydrogens is 269 g/mol. The summed E-state index contributed by atoms with van der Waals surface area (Å²) in [6, 6.07) is 5.13. The van der Waals surface area contributed by atoms with Gasteiger partial charge in [-0.3, -0.25) is 4.79 Å². The van der Waals surface area contributed by atoms with Crippen LogP contribution in [0.4, 0.5) is 4.39 Å². The van der Waals surface area contributed by atoms with Crippen molar-refractivity contribution in [1.29, 1.82) is 0 Å². The summed E-state index contributed by atoms with van der Waals surface area (Å²) in [5, 5.41) is 19.8. The molecule has 0 fully saturated rings. The molecule has 1 atom stereocenters. The third kappa shape index (κ3) is 4.51. The molecule has 0 aromatic heterocycles. The molecule has 1 rings (SSSR count). The van der Waals surface area contributed by atoms with Crippen LogP contribution in [0.15, 0.2) is 24.3 Å². The molecule has 1 aromatic carbocycles. The Morgan fingerprint density at radius 2 is 1.90 bits per heavy atom. The van der Waals surface area contributed by atoms with Crippen molar-refractivity contribution in [1.82, 2.24) is 5.32 Å². The summed E-state index contributed by atoms with van der Waals surface area (Å²) in [5.74, 6) is -2.15. The van der Waals surface area contributed by atoms with Crippen molar-refractivity contribution in [3.63, 3.8) is 0 Å². The number of aliphatic hydroxyl groups excluding tert-OH is 1. The molecule has 110 valence electrons. The Balaban J connectivity index is 2.61. The van der Waals surface area contributed by atoms with Crippen LogP contribution < -0.4 is 10.1 Å². The van der Waals surface area contributed by atoms with E-state index in [2.05, 4.69) is 5.32 Å².